The molecule has 1 aromatic carbocycles. The van der Waals surface area contributed by atoms with E-state index in [1.807, 2.05) is 37.3 Å². The number of carbonyl (C=O) groups excluding carboxylic acids is 2. The summed E-state index contributed by atoms with van der Waals surface area (Å²) >= 11 is 0. The number of hydrogen-bond acceptors (Lipinski definition) is 3. The van der Waals surface area contributed by atoms with Crippen molar-refractivity contribution in [3.8, 4) is 0 Å². The molecular formula is C16H22N2O3. The number of rotatable bonds is 4. The molecule has 3 amide bonds. The van der Waals surface area contributed by atoms with Gasteiger partial charge >= 0.3 is 6.03 Å². The van der Waals surface area contributed by atoms with Crippen molar-refractivity contribution >= 4 is 11.9 Å². The second kappa shape index (κ2) is 8.21. The van der Waals surface area contributed by atoms with Crippen molar-refractivity contribution in [1.82, 2.24) is 9.80 Å². The molecule has 2 rings (SSSR count). The summed E-state index contributed by atoms with van der Waals surface area (Å²) in [6, 6.07) is 9.22. The molecule has 1 unspecified atom stereocenters. The van der Waals surface area contributed by atoms with Crippen LogP contribution in [-0.2, 0) is 16.1 Å². The molecule has 1 aromatic rings. The van der Waals surface area contributed by atoms with Crippen LogP contribution in [0.1, 0.15) is 19.4 Å². The van der Waals surface area contributed by atoms with Crippen LogP contribution in [0.3, 0.4) is 0 Å². The zero-order valence-corrected chi connectivity index (χ0v) is 12.8. The summed E-state index contributed by atoms with van der Waals surface area (Å²) in [6.45, 7) is 7.82. The minimum Gasteiger partial charge on any atom is -0.350 e. The lowest BCUT2D eigenvalue weighted by molar-refractivity contribution is -0.141. The second-order valence-electron chi connectivity index (χ2n) is 4.51. The molecule has 114 valence electrons. The fourth-order valence-corrected chi connectivity index (χ4v) is 1.94. The Morgan fingerprint density at radius 3 is 2.38 bits per heavy atom. The zero-order chi connectivity index (χ0) is 15.8. The summed E-state index contributed by atoms with van der Waals surface area (Å²) in [5.74, 6) is -0.308. The van der Waals surface area contributed by atoms with E-state index >= 15 is 0 Å². The highest BCUT2D eigenvalue weighted by Crippen LogP contribution is 2.20. The lowest BCUT2D eigenvalue weighted by Gasteiger charge is -2.21. The van der Waals surface area contributed by atoms with E-state index in [9.17, 15) is 9.59 Å². The number of imide groups is 1. The Kier molecular flexibility index (Phi) is 6.62. The Bertz CT molecular complexity index is 488. The topological polar surface area (TPSA) is 49.9 Å². The van der Waals surface area contributed by atoms with Crippen molar-refractivity contribution in [2.24, 2.45) is 0 Å². The molecule has 1 saturated heterocycles. The van der Waals surface area contributed by atoms with Crippen LogP contribution in [0.15, 0.2) is 43.0 Å². The molecule has 1 aliphatic rings. The number of hydrogen-bond donors (Lipinski definition) is 0. The monoisotopic (exact) mass is 290 g/mol. The van der Waals surface area contributed by atoms with Gasteiger partial charge in [0.05, 0.1) is 6.54 Å². The number of urea groups is 1. The summed E-state index contributed by atoms with van der Waals surface area (Å²) in [7, 11) is 1.47. The lowest BCUT2D eigenvalue weighted by Crippen LogP contribution is -2.36. The van der Waals surface area contributed by atoms with E-state index in [-0.39, 0.29) is 11.9 Å². The van der Waals surface area contributed by atoms with Crippen LogP contribution in [0, 0.1) is 0 Å². The maximum absolute atomic E-state index is 12.0. The second-order valence-corrected chi connectivity index (χ2v) is 4.51. The minimum absolute atomic E-state index is 0.308. The van der Waals surface area contributed by atoms with Gasteiger partial charge in [0.15, 0.2) is 0 Å². The highest BCUT2D eigenvalue weighted by Gasteiger charge is 2.43. The van der Waals surface area contributed by atoms with Crippen molar-refractivity contribution in [2.75, 3.05) is 13.7 Å². The van der Waals surface area contributed by atoms with Crippen LogP contribution < -0.4 is 0 Å². The number of benzene rings is 1. The SMILES string of the molecule is C=CC.CCOC1C(=O)N(C)C(=O)N1Cc1ccccc1. The highest BCUT2D eigenvalue weighted by molar-refractivity contribution is 6.03. The molecule has 0 aromatic heterocycles. The number of allylic oxidation sites excluding steroid dienone is 1. The predicted octanol–water partition coefficient (Wildman–Crippen LogP) is 2.64. The van der Waals surface area contributed by atoms with Gasteiger partial charge in [0.2, 0.25) is 6.23 Å². The smallest absolute Gasteiger partial charge is 0.329 e. The molecule has 5 nitrogen and oxygen atoms in total. The number of nitrogens with zero attached hydrogens (tertiary/aromatic N) is 2. The van der Waals surface area contributed by atoms with Gasteiger partial charge in [-0.15, -0.1) is 6.58 Å². The van der Waals surface area contributed by atoms with E-state index in [0.717, 1.165) is 10.5 Å². The fraction of sp³-hybridized carbons (Fsp3) is 0.375. The molecule has 0 aliphatic carbocycles. The molecule has 0 radical (unpaired) electrons. The third-order valence-electron chi connectivity index (χ3n) is 2.88. The summed E-state index contributed by atoms with van der Waals surface area (Å²) in [6.07, 6.45) is 0.952. The van der Waals surface area contributed by atoms with Crippen LogP contribution in [0.2, 0.25) is 0 Å². The molecule has 5 heteroatoms. The first kappa shape index (κ1) is 16.9. The van der Waals surface area contributed by atoms with E-state index in [2.05, 4.69) is 6.58 Å². The molecule has 0 spiro atoms. The zero-order valence-electron chi connectivity index (χ0n) is 12.8. The Morgan fingerprint density at radius 1 is 1.29 bits per heavy atom. The minimum atomic E-state index is -0.798. The van der Waals surface area contributed by atoms with E-state index in [1.165, 1.54) is 11.9 Å². The van der Waals surface area contributed by atoms with Gasteiger partial charge in [0, 0.05) is 13.7 Å². The van der Waals surface area contributed by atoms with Crippen LogP contribution in [0.5, 0.6) is 0 Å². The standard InChI is InChI=1S/C13H16N2O3.C3H6/c1-3-18-12-11(16)14(2)13(17)15(12)9-10-7-5-4-6-8-10;1-3-2/h4-8,12H,3,9H2,1-2H3;3H,1H2,2H3. The van der Waals surface area contributed by atoms with Crippen molar-refractivity contribution < 1.29 is 14.3 Å². The van der Waals surface area contributed by atoms with Crippen LogP contribution in [0.25, 0.3) is 0 Å². The third kappa shape index (κ3) is 4.16. The van der Waals surface area contributed by atoms with Gasteiger partial charge in [-0.05, 0) is 19.4 Å². The van der Waals surface area contributed by atoms with Crippen LogP contribution in [0.4, 0.5) is 4.79 Å². The summed E-state index contributed by atoms with van der Waals surface area (Å²) < 4.78 is 5.35. The van der Waals surface area contributed by atoms with E-state index in [0.29, 0.717) is 13.2 Å². The Morgan fingerprint density at radius 2 is 1.86 bits per heavy atom. The van der Waals surface area contributed by atoms with Crippen LogP contribution in [-0.4, -0.2) is 41.6 Å². The molecule has 1 fully saturated rings. The average Bonchev–Trinajstić information content (AvgIpc) is 2.68. The lowest BCUT2D eigenvalue weighted by atomic mass is 10.2. The largest absolute Gasteiger partial charge is 0.350 e. The summed E-state index contributed by atoms with van der Waals surface area (Å²) in [4.78, 5) is 26.3. The fourth-order valence-electron chi connectivity index (χ4n) is 1.94. The average molecular weight is 290 g/mol. The molecule has 1 aliphatic heterocycles. The van der Waals surface area contributed by atoms with Gasteiger partial charge < -0.3 is 4.74 Å². The quantitative estimate of drug-likeness (QED) is 0.632. The van der Waals surface area contributed by atoms with Crippen molar-refractivity contribution in [3.05, 3.63) is 48.6 Å². The molecule has 0 bridgehead atoms. The highest BCUT2D eigenvalue weighted by atomic mass is 16.5. The van der Waals surface area contributed by atoms with Gasteiger partial charge in [-0.25, -0.2) is 4.79 Å². The molecular weight excluding hydrogens is 268 g/mol. The normalized spacial score (nSPS) is 17.6. The molecule has 1 atom stereocenters. The van der Waals surface area contributed by atoms with E-state index in [1.54, 1.807) is 13.0 Å². The predicted molar refractivity (Wildman–Crippen MR) is 81.4 cm³/mol. The molecule has 1 heterocycles. The maximum Gasteiger partial charge on any atom is 0.329 e. The van der Waals surface area contributed by atoms with Gasteiger partial charge in [0.25, 0.3) is 5.91 Å². The molecule has 0 saturated carbocycles. The third-order valence-corrected chi connectivity index (χ3v) is 2.88. The Balaban J connectivity index is 0.000000677. The molecule has 0 N–H and O–H groups in total. The van der Waals surface area contributed by atoms with Crippen molar-refractivity contribution in [2.45, 2.75) is 26.6 Å². The van der Waals surface area contributed by atoms with E-state index < -0.39 is 6.23 Å². The Hall–Kier alpha value is -2.14. The maximum atomic E-state index is 12.0. The Labute approximate surface area is 125 Å². The number of carbonyl (C=O) groups is 2. The van der Waals surface area contributed by atoms with Crippen molar-refractivity contribution in [3.63, 3.8) is 0 Å². The first-order valence-electron chi connectivity index (χ1n) is 6.87. The first-order chi connectivity index (χ1) is 10.1. The number of likely N-dealkylation sites (N-methyl/N-ethyl adjacent to an activating group) is 1. The van der Waals surface area contributed by atoms with Crippen LogP contribution >= 0.6 is 0 Å². The van der Waals surface area contributed by atoms with Crippen molar-refractivity contribution in [1.29, 1.82) is 0 Å². The van der Waals surface area contributed by atoms with Gasteiger partial charge in [-0.3, -0.25) is 14.6 Å². The number of ether oxygens (including phenoxy) is 1. The van der Waals surface area contributed by atoms with E-state index in [4.69, 9.17) is 4.74 Å². The first-order valence-corrected chi connectivity index (χ1v) is 6.87. The summed E-state index contributed by atoms with van der Waals surface area (Å²) in [5.41, 5.74) is 0.971. The molecule has 21 heavy (non-hydrogen) atoms. The van der Waals surface area contributed by atoms with Gasteiger partial charge in [-0.1, -0.05) is 36.4 Å². The van der Waals surface area contributed by atoms with Gasteiger partial charge in [0.1, 0.15) is 0 Å². The van der Waals surface area contributed by atoms with Gasteiger partial charge in [-0.2, -0.15) is 0 Å². The summed E-state index contributed by atoms with van der Waals surface area (Å²) in [5, 5.41) is 0. The number of amides is 3.